The summed E-state index contributed by atoms with van der Waals surface area (Å²) in [5, 5.41) is 11.9. The van der Waals surface area contributed by atoms with Gasteiger partial charge in [0.05, 0.1) is 12.0 Å². The highest BCUT2D eigenvalue weighted by molar-refractivity contribution is 5.73. The quantitative estimate of drug-likeness (QED) is 0.737. The summed E-state index contributed by atoms with van der Waals surface area (Å²) in [4.78, 5) is 15.1. The second kappa shape index (κ2) is 4.02. The zero-order chi connectivity index (χ0) is 10.8. The first-order chi connectivity index (χ1) is 7.16. The number of carbonyl (C=O) groups is 1. The Bertz CT molecular complexity index is 361. The average Bonchev–Trinajstić information content (AvgIpc) is 2.65. The van der Waals surface area contributed by atoms with Crippen LogP contribution in [0.4, 0.5) is 0 Å². The van der Waals surface area contributed by atoms with Crippen molar-refractivity contribution in [2.24, 2.45) is 7.05 Å². The van der Waals surface area contributed by atoms with Crippen molar-refractivity contribution in [3.8, 4) is 0 Å². The van der Waals surface area contributed by atoms with Gasteiger partial charge in [-0.3, -0.25) is 4.79 Å². The van der Waals surface area contributed by atoms with Crippen molar-refractivity contribution in [1.29, 1.82) is 0 Å². The lowest BCUT2D eigenvalue weighted by Crippen LogP contribution is -2.42. The molecule has 0 spiro atoms. The maximum atomic E-state index is 10.8. The normalized spacial score (nSPS) is 26.5. The van der Waals surface area contributed by atoms with E-state index in [0.29, 0.717) is 6.42 Å². The van der Waals surface area contributed by atoms with Crippen LogP contribution in [0.15, 0.2) is 12.5 Å². The summed E-state index contributed by atoms with van der Waals surface area (Å²) in [7, 11) is 1.92. The van der Waals surface area contributed by atoms with E-state index in [1.54, 1.807) is 6.33 Å². The van der Waals surface area contributed by atoms with Crippen LogP contribution in [0, 0.1) is 0 Å². The summed E-state index contributed by atoms with van der Waals surface area (Å²) in [6, 6.07) is -0.425. The highest BCUT2D eigenvalue weighted by Crippen LogP contribution is 2.26. The third-order valence-electron chi connectivity index (χ3n) is 2.84. The Kier molecular flexibility index (Phi) is 2.73. The van der Waals surface area contributed by atoms with Crippen LogP contribution in [0.2, 0.25) is 0 Å². The van der Waals surface area contributed by atoms with E-state index < -0.39 is 12.0 Å². The Balaban J connectivity index is 2.07. The van der Waals surface area contributed by atoms with Gasteiger partial charge < -0.3 is 15.0 Å². The minimum absolute atomic E-state index is 0.272. The van der Waals surface area contributed by atoms with Gasteiger partial charge in [-0.2, -0.15) is 0 Å². The minimum atomic E-state index is -0.768. The number of hydrogen-bond acceptors (Lipinski definition) is 3. The van der Waals surface area contributed by atoms with E-state index in [1.807, 2.05) is 17.8 Å². The van der Waals surface area contributed by atoms with Crippen molar-refractivity contribution in [1.82, 2.24) is 14.9 Å². The van der Waals surface area contributed by atoms with Crippen LogP contribution >= 0.6 is 0 Å². The molecule has 1 aliphatic heterocycles. The fourth-order valence-electron chi connectivity index (χ4n) is 2.02. The Morgan fingerprint density at radius 3 is 3.13 bits per heavy atom. The number of carboxylic acid groups (broad SMARTS) is 1. The van der Waals surface area contributed by atoms with E-state index in [2.05, 4.69) is 10.3 Å². The number of imidazole rings is 1. The topological polar surface area (TPSA) is 67.2 Å². The summed E-state index contributed by atoms with van der Waals surface area (Å²) >= 11 is 0. The van der Waals surface area contributed by atoms with E-state index in [9.17, 15) is 4.79 Å². The zero-order valence-corrected chi connectivity index (χ0v) is 8.68. The maximum absolute atomic E-state index is 10.8. The summed E-state index contributed by atoms with van der Waals surface area (Å²) < 4.78 is 1.90. The van der Waals surface area contributed by atoms with Crippen molar-refractivity contribution in [2.75, 3.05) is 6.54 Å². The number of hydrogen-bond donors (Lipinski definition) is 2. The lowest BCUT2D eigenvalue weighted by molar-refractivity contribution is -0.140. The van der Waals surface area contributed by atoms with Gasteiger partial charge in [0.25, 0.3) is 0 Å². The molecule has 1 aromatic heterocycles. The molecule has 0 aliphatic carbocycles. The first kappa shape index (κ1) is 10.2. The molecule has 2 atom stereocenters. The van der Waals surface area contributed by atoms with Crippen molar-refractivity contribution in [3.63, 3.8) is 0 Å². The van der Waals surface area contributed by atoms with E-state index in [0.717, 1.165) is 18.7 Å². The van der Waals surface area contributed by atoms with Gasteiger partial charge in [-0.05, 0) is 19.4 Å². The predicted octanol–water partition coefficient (Wildman–Crippen LogP) is 0.340. The molecule has 2 unspecified atom stereocenters. The van der Waals surface area contributed by atoms with Gasteiger partial charge in [0.1, 0.15) is 6.04 Å². The molecule has 0 saturated carbocycles. The van der Waals surface area contributed by atoms with Crippen LogP contribution in [0.1, 0.15) is 24.5 Å². The van der Waals surface area contributed by atoms with E-state index >= 15 is 0 Å². The van der Waals surface area contributed by atoms with E-state index in [4.69, 9.17) is 5.11 Å². The molecule has 5 heteroatoms. The van der Waals surface area contributed by atoms with Crippen molar-refractivity contribution in [3.05, 3.63) is 18.2 Å². The maximum Gasteiger partial charge on any atom is 0.320 e. The van der Waals surface area contributed by atoms with Crippen LogP contribution in [-0.2, 0) is 11.8 Å². The molecule has 0 bridgehead atoms. The van der Waals surface area contributed by atoms with Gasteiger partial charge in [-0.15, -0.1) is 0 Å². The van der Waals surface area contributed by atoms with Crippen molar-refractivity contribution >= 4 is 5.97 Å². The number of aryl methyl sites for hydroxylation is 1. The molecule has 0 radical (unpaired) electrons. The standard InChI is InChI=1S/C10H15N3O2/c1-13-5-9(12-6-13)7-2-3-11-8(4-7)10(14)15/h5-8,11H,2-4H2,1H3,(H,14,15). The van der Waals surface area contributed by atoms with E-state index in [1.165, 1.54) is 0 Å². The van der Waals surface area contributed by atoms with Crippen LogP contribution in [0.25, 0.3) is 0 Å². The van der Waals surface area contributed by atoms with Gasteiger partial charge in [-0.1, -0.05) is 0 Å². The van der Waals surface area contributed by atoms with Crippen LogP contribution in [-0.4, -0.2) is 33.2 Å². The molecule has 1 aromatic rings. The highest BCUT2D eigenvalue weighted by Gasteiger charge is 2.28. The third-order valence-corrected chi connectivity index (χ3v) is 2.84. The molecule has 15 heavy (non-hydrogen) atoms. The Morgan fingerprint density at radius 1 is 1.73 bits per heavy atom. The fourth-order valence-corrected chi connectivity index (χ4v) is 2.02. The molecule has 82 valence electrons. The zero-order valence-electron chi connectivity index (χ0n) is 8.68. The fraction of sp³-hybridized carbons (Fsp3) is 0.600. The summed E-state index contributed by atoms with van der Waals surface area (Å²) in [6.07, 6.45) is 5.31. The van der Waals surface area contributed by atoms with Crippen LogP contribution < -0.4 is 5.32 Å². The number of nitrogens with one attached hydrogen (secondary N) is 1. The van der Waals surface area contributed by atoms with Crippen molar-refractivity contribution < 1.29 is 9.90 Å². The second-order valence-corrected chi connectivity index (χ2v) is 4.03. The molecule has 1 saturated heterocycles. The van der Waals surface area contributed by atoms with Crippen LogP contribution in [0.5, 0.6) is 0 Å². The number of nitrogens with zero attached hydrogens (tertiary/aromatic N) is 2. The Hall–Kier alpha value is -1.36. The summed E-state index contributed by atoms with van der Waals surface area (Å²) in [5.74, 6) is -0.496. The molecule has 5 nitrogen and oxygen atoms in total. The first-order valence-corrected chi connectivity index (χ1v) is 5.11. The van der Waals surface area contributed by atoms with E-state index in [-0.39, 0.29) is 5.92 Å². The predicted molar refractivity (Wildman–Crippen MR) is 54.6 cm³/mol. The molecular formula is C10H15N3O2. The third kappa shape index (κ3) is 2.18. The minimum Gasteiger partial charge on any atom is -0.480 e. The second-order valence-electron chi connectivity index (χ2n) is 4.03. The molecule has 2 heterocycles. The number of piperidine rings is 1. The van der Waals surface area contributed by atoms with Gasteiger partial charge in [0.2, 0.25) is 0 Å². The average molecular weight is 209 g/mol. The molecule has 0 aromatic carbocycles. The van der Waals surface area contributed by atoms with Crippen molar-refractivity contribution in [2.45, 2.75) is 24.8 Å². The Morgan fingerprint density at radius 2 is 2.53 bits per heavy atom. The number of aliphatic carboxylic acids is 1. The first-order valence-electron chi connectivity index (χ1n) is 5.11. The highest BCUT2D eigenvalue weighted by atomic mass is 16.4. The smallest absolute Gasteiger partial charge is 0.320 e. The molecule has 0 amide bonds. The SMILES string of the molecule is Cn1cnc(C2CCNC(C(=O)O)C2)c1. The Labute approximate surface area is 88.1 Å². The number of aromatic nitrogens is 2. The lowest BCUT2D eigenvalue weighted by atomic mass is 9.90. The monoisotopic (exact) mass is 209 g/mol. The van der Waals surface area contributed by atoms with Gasteiger partial charge >= 0.3 is 5.97 Å². The molecule has 2 N–H and O–H groups in total. The van der Waals surface area contributed by atoms with Crippen LogP contribution in [0.3, 0.4) is 0 Å². The molecular weight excluding hydrogens is 194 g/mol. The molecule has 1 aliphatic rings. The van der Waals surface area contributed by atoms with Gasteiger partial charge in [-0.25, -0.2) is 4.98 Å². The largest absolute Gasteiger partial charge is 0.480 e. The lowest BCUT2D eigenvalue weighted by Gasteiger charge is -2.26. The molecule has 1 fully saturated rings. The number of rotatable bonds is 2. The van der Waals surface area contributed by atoms with Gasteiger partial charge in [0, 0.05) is 19.2 Å². The number of carboxylic acids is 1. The summed E-state index contributed by atoms with van der Waals surface area (Å²) in [6.45, 7) is 0.748. The van der Waals surface area contributed by atoms with Gasteiger partial charge in [0.15, 0.2) is 0 Å². The molecule has 2 rings (SSSR count). The summed E-state index contributed by atoms with van der Waals surface area (Å²) in [5.41, 5.74) is 1.00.